The molecule has 5 N–H and O–H groups in total. The highest BCUT2D eigenvalue weighted by Crippen LogP contribution is 2.32. The van der Waals surface area contributed by atoms with Gasteiger partial charge in [0.05, 0.1) is 6.61 Å². The van der Waals surface area contributed by atoms with Crippen LogP contribution < -0.4 is 21.1 Å². The fraction of sp³-hybridized carbons (Fsp3) is 0.400. The fourth-order valence-electron chi connectivity index (χ4n) is 3.19. The highest BCUT2D eigenvalue weighted by Gasteiger charge is 2.29. The third-order valence-corrected chi connectivity index (χ3v) is 6.01. The van der Waals surface area contributed by atoms with Crippen LogP contribution in [0, 0.1) is 12.8 Å². The first-order valence-electron chi connectivity index (χ1n) is 12.0. The summed E-state index contributed by atoms with van der Waals surface area (Å²) in [5.74, 6) is 1.95. The number of anilines is 3. The summed E-state index contributed by atoms with van der Waals surface area (Å²) in [7, 11) is 1.50. The molecule has 0 unspecified atom stereocenters. The zero-order chi connectivity index (χ0) is 25.8. The number of hydrogen-bond acceptors (Lipinski definition) is 9. The number of amides is 1. The van der Waals surface area contributed by atoms with E-state index in [0.29, 0.717) is 35.7 Å². The Hall–Kier alpha value is -3.44. The van der Waals surface area contributed by atoms with E-state index in [1.165, 1.54) is 18.8 Å². The SMILES string of the molecule is CN.Cc1cc(Nc2cc(OCCCCCC=O)nc(Sc3ccc(NC(=O)C4CC4)cc3)n2)n[nH]1. The van der Waals surface area contributed by atoms with Crippen molar-refractivity contribution in [3.05, 3.63) is 42.1 Å². The van der Waals surface area contributed by atoms with Crippen LogP contribution in [-0.4, -0.2) is 46.0 Å². The maximum Gasteiger partial charge on any atom is 0.227 e. The molecule has 0 saturated heterocycles. The Kier molecular flexibility index (Phi) is 10.7. The molecule has 11 heteroatoms. The zero-order valence-electron chi connectivity index (χ0n) is 20.6. The van der Waals surface area contributed by atoms with Crippen molar-refractivity contribution < 1.29 is 14.3 Å². The van der Waals surface area contributed by atoms with Crippen molar-refractivity contribution in [2.24, 2.45) is 11.7 Å². The number of H-pyrrole nitrogens is 1. The smallest absolute Gasteiger partial charge is 0.227 e. The molecule has 3 aromatic rings. The van der Waals surface area contributed by atoms with Gasteiger partial charge in [-0.25, -0.2) is 4.98 Å². The van der Waals surface area contributed by atoms with E-state index in [9.17, 15) is 9.59 Å². The monoisotopic (exact) mass is 511 g/mol. The van der Waals surface area contributed by atoms with Gasteiger partial charge in [0.15, 0.2) is 11.0 Å². The molecule has 4 rings (SSSR count). The van der Waals surface area contributed by atoms with Gasteiger partial charge >= 0.3 is 0 Å². The van der Waals surface area contributed by atoms with Crippen LogP contribution in [-0.2, 0) is 9.59 Å². The van der Waals surface area contributed by atoms with Gasteiger partial charge in [0.1, 0.15) is 12.1 Å². The maximum absolute atomic E-state index is 12.0. The predicted molar refractivity (Wildman–Crippen MR) is 141 cm³/mol. The number of benzene rings is 1. The number of rotatable bonds is 13. The maximum atomic E-state index is 12.0. The standard InChI is InChI=1S/C24H28N6O3S.CH5N/c1-16-14-21(30-29-16)26-20-15-22(33-13-5-3-2-4-12-31)28-24(27-20)34-19-10-8-18(9-11-19)25-23(32)17-6-7-17;1-2/h8-12,14-15,17H,2-7,13H2,1H3,(H,25,32)(H2,26,27,28,29,30);2H2,1H3. The van der Waals surface area contributed by atoms with Gasteiger partial charge in [0, 0.05) is 40.7 Å². The molecule has 0 bridgehead atoms. The molecule has 1 amide bonds. The average molecular weight is 512 g/mol. The highest BCUT2D eigenvalue weighted by atomic mass is 32.2. The Morgan fingerprint density at radius 2 is 1.92 bits per heavy atom. The molecular weight excluding hydrogens is 478 g/mol. The lowest BCUT2D eigenvalue weighted by Crippen LogP contribution is -2.12. The van der Waals surface area contributed by atoms with Crippen molar-refractivity contribution in [3.63, 3.8) is 0 Å². The van der Waals surface area contributed by atoms with Gasteiger partial charge in [-0.2, -0.15) is 10.1 Å². The number of hydrogen-bond donors (Lipinski definition) is 4. The number of carbonyl (C=O) groups is 2. The molecule has 2 aromatic heterocycles. The van der Waals surface area contributed by atoms with Crippen LogP contribution in [0.15, 0.2) is 46.5 Å². The topological polar surface area (TPSA) is 148 Å². The molecule has 1 fully saturated rings. The van der Waals surface area contributed by atoms with Crippen molar-refractivity contribution in [1.82, 2.24) is 20.2 Å². The van der Waals surface area contributed by atoms with Gasteiger partial charge in [-0.1, -0.05) is 0 Å². The lowest BCUT2D eigenvalue weighted by Gasteiger charge is -2.10. The lowest BCUT2D eigenvalue weighted by molar-refractivity contribution is -0.117. The number of aromatic nitrogens is 4. The second-order valence-corrected chi connectivity index (χ2v) is 9.23. The number of aromatic amines is 1. The molecule has 0 radical (unpaired) electrons. The molecule has 0 spiro atoms. The molecular formula is C25H33N7O3S. The molecule has 36 heavy (non-hydrogen) atoms. The van der Waals surface area contributed by atoms with Crippen LogP contribution in [0.4, 0.5) is 17.3 Å². The van der Waals surface area contributed by atoms with E-state index >= 15 is 0 Å². The van der Waals surface area contributed by atoms with Gasteiger partial charge < -0.3 is 25.9 Å². The molecule has 1 aliphatic rings. The number of unbranched alkanes of at least 4 members (excludes halogenated alkanes) is 3. The average Bonchev–Trinajstić information content (AvgIpc) is 3.66. The number of nitrogens with zero attached hydrogens (tertiary/aromatic N) is 3. The van der Waals surface area contributed by atoms with Gasteiger partial charge in [-0.05, 0) is 82.1 Å². The van der Waals surface area contributed by atoms with E-state index < -0.39 is 0 Å². The summed E-state index contributed by atoms with van der Waals surface area (Å²) in [6.07, 6.45) is 6.10. The number of aryl methyl sites for hydroxylation is 1. The molecule has 10 nitrogen and oxygen atoms in total. The Bertz CT molecular complexity index is 1120. The van der Waals surface area contributed by atoms with Crippen molar-refractivity contribution in [2.45, 2.75) is 55.5 Å². The van der Waals surface area contributed by atoms with Crippen molar-refractivity contribution >= 4 is 41.3 Å². The van der Waals surface area contributed by atoms with E-state index in [-0.39, 0.29) is 11.8 Å². The minimum absolute atomic E-state index is 0.0871. The number of carbonyl (C=O) groups excluding carboxylic acids is 2. The van der Waals surface area contributed by atoms with Crippen LogP contribution in [0.2, 0.25) is 0 Å². The van der Waals surface area contributed by atoms with E-state index in [1.807, 2.05) is 37.3 Å². The molecule has 192 valence electrons. The summed E-state index contributed by atoms with van der Waals surface area (Å²) in [4.78, 5) is 32.5. The Labute approximate surface area is 215 Å². The van der Waals surface area contributed by atoms with Gasteiger partial charge in [0.25, 0.3) is 0 Å². The minimum atomic E-state index is 0.0871. The highest BCUT2D eigenvalue weighted by molar-refractivity contribution is 7.99. The Morgan fingerprint density at radius 1 is 1.14 bits per heavy atom. The molecule has 2 heterocycles. The molecule has 1 aliphatic carbocycles. The van der Waals surface area contributed by atoms with E-state index in [2.05, 4.69) is 36.5 Å². The van der Waals surface area contributed by atoms with Gasteiger partial charge in [-0.3, -0.25) is 9.89 Å². The molecule has 1 saturated carbocycles. The normalized spacial score (nSPS) is 12.3. The second kappa shape index (κ2) is 14.2. The second-order valence-electron chi connectivity index (χ2n) is 8.19. The van der Waals surface area contributed by atoms with Crippen LogP contribution in [0.3, 0.4) is 0 Å². The van der Waals surface area contributed by atoms with E-state index in [4.69, 9.17) is 4.74 Å². The van der Waals surface area contributed by atoms with E-state index in [0.717, 1.165) is 54.7 Å². The lowest BCUT2D eigenvalue weighted by atomic mass is 10.2. The van der Waals surface area contributed by atoms with Crippen LogP contribution >= 0.6 is 11.8 Å². The summed E-state index contributed by atoms with van der Waals surface area (Å²) in [5, 5.41) is 13.8. The molecule has 1 aromatic carbocycles. The zero-order valence-corrected chi connectivity index (χ0v) is 21.4. The molecule has 0 aliphatic heterocycles. The van der Waals surface area contributed by atoms with Gasteiger partial charge in [-0.15, -0.1) is 0 Å². The molecule has 0 atom stereocenters. The predicted octanol–water partition coefficient (Wildman–Crippen LogP) is 4.46. The Balaban J connectivity index is 0.00000176. The quantitative estimate of drug-likeness (QED) is 0.148. The van der Waals surface area contributed by atoms with Crippen molar-refractivity contribution in [2.75, 3.05) is 24.3 Å². The first kappa shape index (κ1) is 27.2. The van der Waals surface area contributed by atoms with Crippen LogP contribution in [0.1, 0.15) is 44.2 Å². The van der Waals surface area contributed by atoms with Gasteiger partial charge in [0.2, 0.25) is 11.8 Å². The van der Waals surface area contributed by atoms with Crippen LogP contribution in [0.25, 0.3) is 0 Å². The minimum Gasteiger partial charge on any atom is -0.478 e. The summed E-state index contributed by atoms with van der Waals surface area (Å²) in [6, 6.07) is 11.3. The summed E-state index contributed by atoms with van der Waals surface area (Å²) >= 11 is 1.41. The van der Waals surface area contributed by atoms with E-state index in [1.54, 1.807) is 6.07 Å². The summed E-state index contributed by atoms with van der Waals surface area (Å²) in [6.45, 7) is 2.44. The first-order valence-corrected chi connectivity index (χ1v) is 12.8. The largest absolute Gasteiger partial charge is 0.478 e. The summed E-state index contributed by atoms with van der Waals surface area (Å²) < 4.78 is 5.87. The number of nitrogens with two attached hydrogens (primary N) is 1. The van der Waals surface area contributed by atoms with Crippen molar-refractivity contribution in [3.8, 4) is 5.88 Å². The fourth-order valence-corrected chi connectivity index (χ4v) is 3.95. The summed E-state index contributed by atoms with van der Waals surface area (Å²) in [5.41, 5.74) is 6.22. The third kappa shape index (κ3) is 8.97. The third-order valence-electron chi connectivity index (χ3n) is 5.14. The number of aldehydes is 1. The Morgan fingerprint density at radius 3 is 2.58 bits per heavy atom. The number of ether oxygens (including phenoxy) is 1. The van der Waals surface area contributed by atoms with Crippen LogP contribution in [0.5, 0.6) is 5.88 Å². The van der Waals surface area contributed by atoms with Crippen molar-refractivity contribution in [1.29, 1.82) is 0 Å². The first-order chi connectivity index (χ1) is 17.6. The number of nitrogens with one attached hydrogen (secondary N) is 3.